The molecule has 1 aromatic heterocycles. The van der Waals surface area contributed by atoms with Crippen molar-refractivity contribution < 1.29 is 9.50 Å². The Morgan fingerprint density at radius 2 is 2.33 bits per heavy atom. The first-order valence-corrected chi connectivity index (χ1v) is 4.79. The molecule has 0 bridgehead atoms. The number of halogens is 1. The van der Waals surface area contributed by atoms with E-state index in [2.05, 4.69) is 20.6 Å². The van der Waals surface area contributed by atoms with Crippen LogP contribution in [0.5, 0.6) is 0 Å². The molecule has 0 amide bonds. The first-order chi connectivity index (χ1) is 7.17. The fraction of sp³-hybridized carbons (Fsp3) is 0.556. The van der Waals surface area contributed by atoms with E-state index in [1.807, 2.05) is 6.92 Å². The predicted molar refractivity (Wildman–Crippen MR) is 56.3 cm³/mol. The minimum absolute atomic E-state index is 0.0989. The number of aliphatic hydroxyl groups is 1. The summed E-state index contributed by atoms with van der Waals surface area (Å²) in [6.45, 7) is 2.12. The summed E-state index contributed by atoms with van der Waals surface area (Å²) in [6.07, 6.45) is 1.19. The molecule has 15 heavy (non-hydrogen) atoms. The summed E-state index contributed by atoms with van der Waals surface area (Å²) in [5, 5.41) is 14.7. The Morgan fingerprint density at radius 1 is 1.60 bits per heavy atom. The van der Waals surface area contributed by atoms with Gasteiger partial charge < -0.3 is 15.7 Å². The van der Waals surface area contributed by atoms with Gasteiger partial charge in [0.15, 0.2) is 11.6 Å². The Bertz CT molecular complexity index is 321. The smallest absolute Gasteiger partial charge is 0.224 e. The van der Waals surface area contributed by atoms with Crippen LogP contribution in [-0.2, 0) is 0 Å². The lowest BCUT2D eigenvalue weighted by molar-refractivity contribution is 0.183. The summed E-state index contributed by atoms with van der Waals surface area (Å²) < 4.78 is 13.2. The predicted octanol–water partition coefficient (Wildman–Crippen LogP) is 0.840. The molecule has 6 heteroatoms. The Balaban J connectivity index is 2.66. The summed E-state index contributed by atoms with van der Waals surface area (Å²) in [6, 6.07) is 0. The van der Waals surface area contributed by atoms with Gasteiger partial charge in [0.25, 0.3) is 0 Å². The molecular formula is C9H15FN4O. The van der Waals surface area contributed by atoms with E-state index >= 15 is 0 Å². The lowest BCUT2D eigenvalue weighted by atomic mass is 10.3. The maximum atomic E-state index is 13.2. The van der Waals surface area contributed by atoms with Gasteiger partial charge in [0.05, 0.1) is 12.3 Å². The number of rotatable bonds is 5. The molecule has 1 atom stereocenters. The van der Waals surface area contributed by atoms with Crippen LogP contribution in [0.3, 0.4) is 0 Å². The maximum Gasteiger partial charge on any atom is 0.224 e. The van der Waals surface area contributed by atoms with Crippen molar-refractivity contribution in [3.05, 3.63) is 12.0 Å². The molecule has 0 aromatic carbocycles. The molecule has 0 aliphatic carbocycles. The van der Waals surface area contributed by atoms with Gasteiger partial charge in [0.2, 0.25) is 5.95 Å². The van der Waals surface area contributed by atoms with Gasteiger partial charge in [-0.05, 0) is 6.42 Å². The van der Waals surface area contributed by atoms with E-state index in [1.54, 1.807) is 7.05 Å². The minimum Gasteiger partial charge on any atom is -0.391 e. The van der Waals surface area contributed by atoms with Gasteiger partial charge in [-0.15, -0.1) is 0 Å². The van der Waals surface area contributed by atoms with Crippen molar-refractivity contribution in [1.29, 1.82) is 0 Å². The van der Waals surface area contributed by atoms with Crippen LogP contribution in [0.2, 0.25) is 0 Å². The lowest BCUT2D eigenvalue weighted by Gasteiger charge is -2.10. The molecule has 0 fully saturated rings. The largest absolute Gasteiger partial charge is 0.391 e. The van der Waals surface area contributed by atoms with Crippen molar-refractivity contribution in [2.75, 3.05) is 24.2 Å². The van der Waals surface area contributed by atoms with E-state index in [4.69, 9.17) is 0 Å². The van der Waals surface area contributed by atoms with E-state index in [1.165, 1.54) is 0 Å². The second-order valence-electron chi connectivity index (χ2n) is 3.08. The zero-order valence-corrected chi connectivity index (χ0v) is 8.79. The SMILES string of the molecule is CCC(O)CNc1nc(NC)ncc1F. The average molecular weight is 214 g/mol. The molecule has 0 aliphatic rings. The van der Waals surface area contributed by atoms with Gasteiger partial charge in [-0.3, -0.25) is 0 Å². The average Bonchev–Trinajstić information content (AvgIpc) is 2.27. The number of anilines is 2. The van der Waals surface area contributed by atoms with Crippen molar-refractivity contribution in [2.24, 2.45) is 0 Å². The maximum absolute atomic E-state index is 13.2. The van der Waals surface area contributed by atoms with E-state index < -0.39 is 11.9 Å². The molecule has 1 unspecified atom stereocenters. The van der Waals surface area contributed by atoms with E-state index in [-0.39, 0.29) is 12.4 Å². The molecule has 3 N–H and O–H groups in total. The fourth-order valence-corrected chi connectivity index (χ4v) is 0.970. The van der Waals surface area contributed by atoms with E-state index in [0.29, 0.717) is 12.4 Å². The highest BCUT2D eigenvalue weighted by Gasteiger charge is 2.07. The molecule has 0 saturated heterocycles. The summed E-state index contributed by atoms with van der Waals surface area (Å²) in [7, 11) is 1.65. The van der Waals surface area contributed by atoms with Crippen molar-refractivity contribution in [3.8, 4) is 0 Å². The number of aliphatic hydroxyl groups excluding tert-OH is 1. The summed E-state index contributed by atoms with van der Waals surface area (Å²) in [4.78, 5) is 7.58. The topological polar surface area (TPSA) is 70.1 Å². The normalized spacial score (nSPS) is 12.3. The molecule has 0 spiro atoms. The molecule has 0 saturated carbocycles. The van der Waals surface area contributed by atoms with Crippen LogP contribution < -0.4 is 10.6 Å². The van der Waals surface area contributed by atoms with Gasteiger partial charge in [0, 0.05) is 13.6 Å². The first kappa shape index (κ1) is 11.6. The standard InChI is InChI=1S/C9H15FN4O/c1-3-6(15)4-12-8-7(10)5-13-9(11-2)14-8/h5-6,15H,3-4H2,1-2H3,(H2,11,12,13,14). The first-order valence-electron chi connectivity index (χ1n) is 4.79. The van der Waals surface area contributed by atoms with Gasteiger partial charge in [-0.25, -0.2) is 9.37 Å². The van der Waals surface area contributed by atoms with Gasteiger partial charge in [-0.2, -0.15) is 4.98 Å². The molecule has 5 nitrogen and oxygen atoms in total. The molecule has 84 valence electrons. The molecule has 1 rings (SSSR count). The number of nitrogens with one attached hydrogen (secondary N) is 2. The Hall–Kier alpha value is -1.43. The number of aromatic nitrogens is 2. The molecule has 1 aromatic rings. The lowest BCUT2D eigenvalue weighted by Crippen LogP contribution is -2.19. The molecule has 0 radical (unpaired) electrons. The zero-order chi connectivity index (χ0) is 11.3. The van der Waals surface area contributed by atoms with Crippen LogP contribution in [0.4, 0.5) is 16.2 Å². The molecular weight excluding hydrogens is 199 g/mol. The monoisotopic (exact) mass is 214 g/mol. The number of hydrogen-bond acceptors (Lipinski definition) is 5. The Morgan fingerprint density at radius 3 is 2.93 bits per heavy atom. The van der Waals surface area contributed by atoms with E-state index in [0.717, 1.165) is 6.20 Å². The van der Waals surface area contributed by atoms with Gasteiger partial charge in [0.1, 0.15) is 0 Å². The van der Waals surface area contributed by atoms with Crippen LogP contribution in [0.25, 0.3) is 0 Å². The highest BCUT2D eigenvalue weighted by Crippen LogP contribution is 2.11. The third kappa shape index (κ3) is 3.32. The van der Waals surface area contributed by atoms with Crippen molar-refractivity contribution >= 4 is 11.8 Å². The van der Waals surface area contributed by atoms with Gasteiger partial charge >= 0.3 is 0 Å². The summed E-state index contributed by atoms with van der Waals surface area (Å²) in [5.74, 6) is -0.0935. The van der Waals surface area contributed by atoms with Crippen molar-refractivity contribution in [2.45, 2.75) is 19.4 Å². The van der Waals surface area contributed by atoms with Crippen molar-refractivity contribution in [3.63, 3.8) is 0 Å². The third-order valence-electron chi connectivity index (χ3n) is 1.94. The fourth-order valence-electron chi connectivity index (χ4n) is 0.970. The van der Waals surface area contributed by atoms with Crippen LogP contribution in [0, 0.1) is 5.82 Å². The second kappa shape index (κ2) is 5.45. The van der Waals surface area contributed by atoms with Crippen LogP contribution in [0.1, 0.15) is 13.3 Å². The van der Waals surface area contributed by atoms with Crippen LogP contribution in [0.15, 0.2) is 6.20 Å². The number of nitrogens with zero attached hydrogens (tertiary/aromatic N) is 2. The number of hydrogen-bond donors (Lipinski definition) is 3. The Labute approximate surface area is 87.8 Å². The van der Waals surface area contributed by atoms with Gasteiger partial charge in [-0.1, -0.05) is 6.92 Å². The molecule has 1 heterocycles. The Kier molecular flexibility index (Phi) is 4.23. The summed E-state index contributed by atoms with van der Waals surface area (Å²) in [5.41, 5.74) is 0. The zero-order valence-electron chi connectivity index (χ0n) is 8.79. The van der Waals surface area contributed by atoms with Crippen molar-refractivity contribution in [1.82, 2.24) is 9.97 Å². The third-order valence-corrected chi connectivity index (χ3v) is 1.94. The summed E-state index contributed by atoms with van der Waals surface area (Å²) >= 11 is 0. The molecule has 0 aliphatic heterocycles. The van der Waals surface area contributed by atoms with Crippen LogP contribution >= 0.6 is 0 Å². The minimum atomic E-state index is -0.530. The second-order valence-corrected chi connectivity index (χ2v) is 3.08. The highest BCUT2D eigenvalue weighted by atomic mass is 19.1. The van der Waals surface area contributed by atoms with Crippen LogP contribution in [-0.4, -0.2) is 34.8 Å². The quantitative estimate of drug-likeness (QED) is 0.677. The highest BCUT2D eigenvalue weighted by molar-refractivity contribution is 5.40. The van der Waals surface area contributed by atoms with E-state index in [9.17, 15) is 9.50 Å².